The van der Waals surface area contributed by atoms with Crippen LogP contribution in [0.2, 0.25) is 0 Å². The van der Waals surface area contributed by atoms with Gasteiger partial charge in [-0.1, -0.05) is 0 Å². The quantitative estimate of drug-likeness (QED) is 0.749. The van der Waals surface area contributed by atoms with Crippen molar-refractivity contribution in [1.29, 1.82) is 0 Å². The Hall–Kier alpha value is -1.66. The predicted molar refractivity (Wildman–Crippen MR) is 83.2 cm³/mol. The van der Waals surface area contributed by atoms with Gasteiger partial charge in [-0.25, -0.2) is 4.79 Å². The number of amides is 1. The Kier molecular flexibility index (Phi) is 7.11. The monoisotopic (exact) mass is 311 g/mol. The molecule has 0 aliphatic heterocycles. The third kappa shape index (κ3) is 6.55. The fourth-order valence-electron chi connectivity index (χ4n) is 1.72. The van der Waals surface area contributed by atoms with Crippen molar-refractivity contribution in [3.63, 3.8) is 0 Å². The van der Waals surface area contributed by atoms with Gasteiger partial charge >= 0.3 is 5.97 Å². The van der Waals surface area contributed by atoms with Crippen LogP contribution in [0.3, 0.4) is 0 Å². The van der Waals surface area contributed by atoms with Gasteiger partial charge in [0.25, 0.3) is 0 Å². The normalized spacial score (nSPS) is 12.5. The van der Waals surface area contributed by atoms with Crippen molar-refractivity contribution in [2.75, 3.05) is 14.2 Å². The first-order chi connectivity index (χ1) is 9.92. The van der Waals surface area contributed by atoms with Gasteiger partial charge in [0.2, 0.25) is 5.91 Å². The van der Waals surface area contributed by atoms with E-state index in [4.69, 9.17) is 9.84 Å². The second-order valence-corrected chi connectivity index (χ2v) is 5.81. The summed E-state index contributed by atoms with van der Waals surface area (Å²) in [4.78, 5) is 25.0. The zero-order chi connectivity index (χ0) is 15.8. The molecule has 0 fully saturated rings. The van der Waals surface area contributed by atoms with Gasteiger partial charge in [0.1, 0.15) is 0 Å². The van der Waals surface area contributed by atoms with E-state index >= 15 is 0 Å². The number of carboxylic acid groups (broad SMARTS) is 1. The zero-order valence-electron chi connectivity index (χ0n) is 12.5. The van der Waals surface area contributed by atoms with E-state index < -0.39 is 5.97 Å². The molecule has 1 aromatic rings. The van der Waals surface area contributed by atoms with Crippen molar-refractivity contribution < 1.29 is 19.4 Å². The van der Waals surface area contributed by atoms with E-state index in [1.165, 1.54) is 11.3 Å². The number of thiophene rings is 1. The number of methoxy groups -OCH3 is 1. The Balaban J connectivity index is 2.49. The minimum absolute atomic E-state index is 0.0766. The number of rotatable bonds is 8. The Morgan fingerprint density at radius 3 is 2.86 bits per heavy atom. The molecule has 116 valence electrons. The van der Waals surface area contributed by atoms with E-state index in [1.54, 1.807) is 25.1 Å². The van der Waals surface area contributed by atoms with Gasteiger partial charge in [0.05, 0.1) is 6.10 Å². The fourth-order valence-corrected chi connectivity index (χ4v) is 2.51. The lowest BCUT2D eigenvalue weighted by molar-refractivity contribution is -0.132. The van der Waals surface area contributed by atoms with Crippen molar-refractivity contribution >= 4 is 29.3 Å². The first-order valence-electron chi connectivity index (χ1n) is 6.67. The fraction of sp³-hybridized carbons (Fsp3) is 0.467. The standard InChI is InChI=1S/C15H21NO4S/c1-11(20-3)4-6-14(17)16(2)9-12-8-13(21-10-12)5-7-15(18)19/h5,7-8,10-11H,4,6,9H2,1-3H3,(H,18,19)/b7-5+. The Bertz CT molecular complexity index is 510. The van der Waals surface area contributed by atoms with Gasteiger partial charge in [0.15, 0.2) is 0 Å². The molecule has 0 bridgehead atoms. The summed E-state index contributed by atoms with van der Waals surface area (Å²) in [6, 6.07) is 1.89. The van der Waals surface area contributed by atoms with Crippen molar-refractivity contribution in [3.8, 4) is 0 Å². The number of carboxylic acids is 1. The van der Waals surface area contributed by atoms with Crippen LogP contribution in [0.4, 0.5) is 0 Å². The minimum Gasteiger partial charge on any atom is -0.478 e. The number of nitrogens with zero attached hydrogens (tertiary/aromatic N) is 1. The number of carbonyl (C=O) groups excluding carboxylic acids is 1. The van der Waals surface area contributed by atoms with Crippen molar-refractivity contribution in [1.82, 2.24) is 4.90 Å². The highest BCUT2D eigenvalue weighted by atomic mass is 32.1. The molecule has 0 saturated heterocycles. The molecule has 1 aromatic heterocycles. The van der Waals surface area contributed by atoms with Gasteiger partial charge in [-0.15, -0.1) is 11.3 Å². The number of carbonyl (C=O) groups is 2. The second kappa shape index (κ2) is 8.59. The second-order valence-electron chi connectivity index (χ2n) is 4.86. The number of hydrogen-bond acceptors (Lipinski definition) is 4. The Labute approximate surface area is 128 Å². The molecule has 1 unspecified atom stereocenters. The van der Waals surface area contributed by atoms with Crippen LogP contribution in [0.15, 0.2) is 17.5 Å². The van der Waals surface area contributed by atoms with Crippen LogP contribution in [-0.4, -0.2) is 42.1 Å². The maximum Gasteiger partial charge on any atom is 0.328 e. The van der Waals surface area contributed by atoms with E-state index in [0.717, 1.165) is 16.5 Å². The van der Waals surface area contributed by atoms with Crippen LogP contribution in [0.25, 0.3) is 6.08 Å². The molecule has 1 atom stereocenters. The van der Waals surface area contributed by atoms with E-state index in [0.29, 0.717) is 19.4 Å². The summed E-state index contributed by atoms with van der Waals surface area (Å²) >= 11 is 1.46. The lowest BCUT2D eigenvalue weighted by atomic mass is 10.2. The molecule has 21 heavy (non-hydrogen) atoms. The average Bonchev–Trinajstić information content (AvgIpc) is 2.89. The highest BCUT2D eigenvalue weighted by Gasteiger charge is 2.12. The molecule has 0 saturated carbocycles. The first-order valence-corrected chi connectivity index (χ1v) is 7.55. The van der Waals surface area contributed by atoms with Crippen LogP contribution in [-0.2, 0) is 20.9 Å². The topological polar surface area (TPSA) is 66.8 Å². The highest BCUT2D eigenvalue weighted by molar-refractivity contribution is 7.11. The summed E-state index contributed by atoms with van der Waals surface area (Å²) in [6.07, 6.45) is 3.91. The predicted octanol–water partition coefficient (Wildman–Crippen LogP) is 2.62. The third-order valence-electron chi connectivity index (χ3n) is 3.08. The molecule has 1 N–H and O–H groups in total. The molecule has 1 heterocycles. The van der Waals surface area contributed by atoms with Crippen LogP contribution in [0.1, 0.15) is 30.2 Å². The molecule has 0 aliphatic rings. The van der Waals surface area contributed by atoms with Gasteiger partial charge in [-0.2, -0.15) is 0 Å². The molecule has 1 rings (SSSR count). The average molecular weight is 311 g/mol. The lowest BCUT2D eigenvalue weighted by Crippen LogP contribution is -2.26. The highest BCUT2D eigenvalue weighted by Crippen LogP contribution is 2.18. The molecule has 0 spiro atoms. The van der Waals surface area contributed by atoms with Crippen LogP contribution >= 0.6 is 11.3 Å². The van der Waals surface area contributed by atoms with Gasteiger partial charge in [-0.05, 0) is 36.4 Å². The molecular formula is C15H21NO4S. The van der Waals surface area contributed by atoms with Crippen molar-refractivity contribution in [2.24, 2.45) is 0 Å². The number of hydrogen-bond donors (Lipinski definition) is 1. The lowest BCUT2D eigenvalue weighted by Gasteiger charge is -2.17. The molecule has 1 amide bonds. The molecular weight excluding hydrogens is 290 g/mol. The summed E-state index contributed by atoms with van der Waals surface area (Å²) in [5.74, 6) is -0.891. The van der Waals surface area contributed by atoms with Crippen LogP contribution < -0.4 is 0 Å². The third-order valence-corrected chi connectivity index (χ3v) is 4.02. The number of aliphatic carboxylic acids is 1. The smallest absolute Gasteiger partial charge is 0.328 e. The van der Waals surface area contributed by atoms with E-state index in [2.05, 4.69) is 0 Å². The molecule has 0 aliphatic carbocycles. The van der Waals surface area contributed by atoms with E-state index in [9.17, 15) is 9.59 Å². The Morgan fingerprint density at radius 2 is 2.24 bits per heavy atom. The summed E-state index contributed by atoms with van der Waals surface area (Å²) in [6.45, 7) is 2.46. The molecule has 6 heteroatoms. The first kappa shape index (κ1) is 17.4. The summed E-state index contributed by atoms with van der Waals surface area (Å²) in [5, 5.41) is 10.5. The largest absolute Gasteiger partial charge is 0.478 e. The van der Waals surface area contributed by atoms with Crippen molar-refractivity contribution in [2.45, 2.75) is 32.4 Å². The summed E-state index contributed by atoms with van der Waals surface area (Å²) < 4.78 is 5.12. The summed E-state index contributed by atoms with van der Waals surface area (Å²) in [7, 11) is 3.40. The maximum absolute atomic E-state index is 12.0. The van der Waals surface area contributed by atoms with Gasteiger partial charge < -0.3 is 14.7 Å². The van der Waals surface area contributed by atoms with Gasteiger partial charge in [0, 0.05) is 38.1 Å². The SMILES string of the molecule is COC(C)CCC(=O)N(C)Cc1csc(/C=C/C(=O)O)c1. The van der Waals surface area contributed by atoms with E-state index in [-0.39, 0.29) is 12.0 Å². The van der Waals surface area contributed by atoms with Crippen LogP contribution in [0, 0.1) is 0 Å². The molecule has 0 aromatic carbocycles. The minimum atomic E-state index is -0.968. The maximum atomic E-state index is 12.0. The molecule has 0 radical (unpaired) electrons. The Morgan fingerprint density at radius 1 is 1.52 bits per heavy atom. The number of ether oxygens (including phenoxy) is 1. The van der Waals surface area contributed by atoms with Crippen LogP contribution in [0.5, 0.6) is 0 Å². The van der Waals surface area contributed by atoms with Crippen molar-refractivity contribution in [3.05, 3.63) is 28.0 Å². The zero-order valence-corrected chi connectivity index (χ0v) is 13.4. The van der Waals surface area contributed by atoms with Gasteiger partial charge in [-0.3, -0.25) is 4.79 Å². The molecule has 5 nitrogen and oxygen atoms in total. The summed E-state index contributed by atoms with van der Waals surface area (Å²) in [5.41, 5.74) is 1.00. The van der Waals surface area contributed by atoms with E-state index in [1.807, 2.05) is 18.4 Å².